The van der Waals surface area contributed by atoms with E-state index < -0.39 is 26.0 Å². The normalized spacial score (nSPS) is 15.0. The van der Waals surface area contributed by atoms with Crippen LogP contribution in [0.15, 0.2) is 48.5 Å². The second kappa shape index (κ2) is 13.6. The van der Waals surface area contributed by atoms with E-state index in [2.05, 4.69) is 42.7 Å². The molecule has 1 aliphatic rings. The van der Waals surface area contributed by atoms with Crippen LogP contribution in [0, 0.1) is 6.92 Å². The van der Waals surface area contributed by atoms with Gasteiger partial charge >= 0.3 is 51.4 Å². The molecule has 0 unspecified atom stereocenters. The number of allylic oxidation sites excluding steroid dienone is 1. The molecule has 0 aromatic heterocycles. The number of aryl methyl sites for hydroxylation is 1. The third-order valence-corrected chi connectivity index (χ3v) is 8.33. The predicted octanol–water partition coefficient (Wildman–Crippen LogP) is 0.786. The topological polar surface area (TPSA) is 121 Å². The summed E-state index contributed by atoms with van der Waals surface area (Å²) in [6, 6.07) is 14.0. The fourth-order valence-corrected chi connectivity index (χ4v) is 5.84. The summed E-state index contributed by atoms with van der Waals surface area (Å²) in [6.07, 6.45) is 5.02. The molecule has 0 radical (unpaired) electrons. The van der Waals surface area contributed by atoms with Crippen LogP contribution in [0.25, 0.3) is 6.08 Å². The molecular weight excluding hydrogens is 552 g/mol. The van der Waals surface area contributed by atoms with Crippen molar-refractivity contribution in [3.63, 3.8) is 0 Å². The zero-order valence-corrected chi connectivity index (χ0v) is 27.6. The first-order chi connectivity index (χ1) is 17.2. The fourth-order valence-electron chi connectivity index (χ4n) is 4.83. The molecule has 0 atom stereocenters. The van der Waals surface area contributed by atoms with E-state index in [1.165, 1.54) is 5.56 Å². The molecule has 0 aliphatic carbocycles. The van der Waals surface area contributed by atoms with Gasteiger partial charge < -0.3 is 14.0 Å². The van der Waals surface area contributed by atoms with Crippen LogP contribution in [0.3, 0.4) is 0 Å². The van der Waals surface area contributed by atoms with Crippen molar-refractivity contribution in [2.75, 3.05) is 36.0 Å². The van der Waals surface area contributed by atoms with Gasteiger partial charge in [-0.3, -0.25) is 0 Å². The van der Waals surface area contributed by atoms with Gasteiger partial charge in [0.25, 0.3) is 0 Å². The summed E-state index contributed by atoms with van der Waals surface area (Å²) in [5.74, 6) is -0.801. The van der Waals surface area contributed by atoms with Crippen molar-refractivity contribution in [1.82, 2.24) is 0 Å². The Bertz CT molecular complexity index is 1420. The minimum absolute atomic E-state index is 0. The molecule has 0 fully saturated rings. The molecule has 202 valence electrons. The van der Waals surface area contributed by atoms with Crippen molar-refractivity contribution in [3.05, 3.63) is 65.2 Å². The summed E-state index contributed by atoms with van der Waals surface area (Å²) in [4.78, 5) is 1.87. The number of rotatable bonds is 12. The molecule has 0 spiro atoms. The maximum atomic E-state index is 11.1. The molecular formula is C27H35KN2O6S2. The van der Waals surface area contributed by atoms with Gasteiger partial charge in [-0.05, 0) is 63.5 Å². The van der Waals surface area contributed by atoms with E-state index in [1.807, 2.05) is 49.1 Å². The van der Waals surface area contributed by atoms with Crippen molar-refractivity contribution in [1.29, 1.82) is 0 Å². The van der Waals surface area contributed by atoms with Crippen LogP contribution in [-0.2, 0) is 25.7 Å². The minimum atomic E-state index is -4.28. The molecule has 1 heterocycles. The van der Waals surface area contributed by atoms with Crippen LogP contribution < -0.4 is 56.3 Å². The summed E-state index contributed by atoms with van der Waals surface area (Å²) in [5, 5.41) is 0. The predicted molar refractivity (Wildman–Crippen MR) is 146 cm³/mol. The third kappa shape index (κ3) is 8.80. The molecule has 38 heavy (non-hydrogen) atoms. The van der Waals surface area contributed by atoms with Crippen LogP contribution >= 0.6 is 0 Å². The summed E-state index contributed by atoms with van der Waals surface area (Å²) >= 11 is 0. The third-order valence-electron chi connectivity index (χ3n) is 6.86. The van der Waals surface area contributed by atoms with E-state index >= 15 is 0 Å². The first-order valence-corrected chi connectivity index (χ1v) is 15.5. The van der Waals surface area contributed by atoms with Gasteiger partial charge in [0.1, 0.15) is 6.54 Å². The average Bonchev–Trinajstić information content (AvgIpc) is 3.01. The number of fused-ring (bicyclic) bond motifs is 1. The van der Waals surface area contributed by atoms with Crippen molar-refractivity contribution >= 4 is 43.4 Å². The monoisotopic (exact) mass is 586 g/mol. The van der Waals surface area contributed by atoms with E-state index in [4.69, 9.17) is 0 Å². The number of para-hydroxylation sites is 1. The number of hydrogen-bond donors (Lipinski definition) is 0. The maximum absolute atomic E-state index is 11.1. The minimum Gasteiger partial charge on any atom is -0.748 e. The number of nitrogens with zero attached hydrogens (tertiary/aromatic N) is 2. The zero-order valence-electron chi connectivity index (χ0n) is 22.8. The first kappa shape index (κ1) is 33.3. The quantitative estimate of drug-likeness (QED) is 0.156. The van der Waals surface area contributed by atoms with Crippen LogP contribution in [0.1, 0.15) is 50.3 Å². The molecule has 0 bridgehead atoms. The van der Waals surface area contributed by atoms with Gasteiger partial charge in [-0.15, -0.1) is 0 Å². The Morgan fingerprint density at radius 2 is 1.61 bits per heavy atom. The van der Waals surface area contributed by atoms with Gasteiger partial charge in [0.05, 0.1) is 31.4 Å². The number of hydrogen-bond acceptors (Lipinski definition) is 7. The van der Waals surface area contributed by atoms with E-state index in [-0.39, 0.29) is 69.1 Å². The molecule has 0 saturated heterocycles. The Morgan fingerprint density at radius 3 is 2.21 bits per heavy atom. The van der Waals surface area contributed by atoms with Crippen molar-refractivity contribution in [3.8, 4) is 0 Å². The van der Waals surface area contributed by atoms with Gasteiger partial charge in [-0.1, -0.05) is 24.3 Å². The van der Waals surface area contributed by atoms with Crippen molar-refractivity contribution in [2.24, 2.45) is 0 Å². The van der Waals surface area contributed by atoms with E-state index in [1.54, 1.807) is 0 Å². The second-order valence-electron chi connectivity index (χ2n) is 9.86. The summed E-state index contributed by atoms with van der Waals surface area (Å²) in [7, 11) is -8.51. The summed E-state index contributed by atoms with van der Waals surface area (Å²) in [6.45, 7) is 9.54. The number of anilines is 1. The molecule has 1 aliphatic heterocycles. The van der Waals surface area contributed by atoms with E-state index in [0.29, 0.717) is 25.9 Å². The molecule has 3 rings (SSSR count). The molecule has 0 saturated carbocycles. The van der Waals surface area contributed by atoms with Crippen molar-refractivity contribution in [2.45, 2.75) is 46.0 Å². The number of benzene rings is 2. The molecule has 2 aromatic rings. The molecule has 2 aromatic carbocycles. The Kier molecular flexibility index (Phi) is 12.0. The second-order valence-corrected chi connectivity index (χ2v) is 12.9. The van der Waals surface area contributed by atoms with Crippen LogP contribution in [0.4, 0.5) is 11.4 Å². The molecule has 8 nitrogen and oxygen atoms in total. The first-order valence-electron chi connectivity index (χ1n) is 12.4. The van der Waals surface area contributed by atoms with Gasteiger partial charge in [-0.25, -0.2) is 16.8 Å². The molecule has 0 amide bonds. The SMILES string of the molecule is CCN(CCS(=O)(=O)[O-])c1ccc(C=CC2=[N+](CCCCS(=O)(=O)[O-])c3ccccc3C2(C)C)c(C)c1.[K+]. The summed E-state index contributed by atoms with van der Waals surface area (Å²) in [5.41, 5.74) is 5.95. The van der Waals surface area contributed by atoms with E-state index in [0.717, 1.165) is 28.2 Å². The van der Waals surface area contributed by atoms with E-state index in [9.17, 15) is 25.9 Å². The molecule has 0 N–H and O–H groups in total. The van der Waals surface area contributed by atoms with Crippen LogP contribution in [0.5, 0.6) is 0 Å². The standard InChI is InChI=1S/C27H36N2O6S2.K/c1-5-28(17-19-37(33,34)35)23-14-12-22(21(2)20-23)13-15-26-27(3,4)24-10-6-7-11-25(24)29(26)16-8-9-18-36(30,31)32;/h6-7,10-15,20H,5,8-9,16-19H2,1-4H3,(H-,30,31,32,33,34,35);/q;+1/p-1. The van der Waals surface area contributed by atoms with Gasteiger partial charge in [0.2, 0.25) is 5.69 Å². The zero-order chi connectivity index (χ0) is 27.4. The maximum Gasteiger partial charge on any atom is 1.00 e. The molecule has 11 heteroatoms. The smallest absolute Gasteiger partial charge is 0.748 e. The van der Waals surface area contributed by atoms with Gasteiger partial charge in [0, 0.05) is 48.7 Å². The Labute approximate surface area is 269 Å². The largest absolute Gasteiger partial charge is 1.00 e. The Morgan fingerprint density at radius 1 is 0.947 bits per heavy atom. The summed E-state index contributed by atoms with van der Waals surface area (Å²) < 4.78 is 68.5. The number of unbranched alkanes of at least 4 members (excludes halogenated alkanes) is 1. The Balaban J connectivity index is 0.00000507. The van der Waals surface area contributed by atoms with Crippen LogP contribution in [-0.4, -0.2) is 67.4 Å². The van der Waals surface area contributed by atoms with Gasteiger partial charge in [-0.2, -0.15) is 4.58 Å². The van der Waals surface area contributed by atoms with Crippen LogP contribution in [0.2, 0.25) is 0 Å². The van der Waals surface area contributed by atoms with Gasteiger partial charge in [0.15, 0.2) is 5.71 Å². The fraction of sp³-hybridized carbons (Fsp3) is 0.444. The Hall–Kier alpha value is -0.894. The van der Waals surface area contributed by atoms with Crippen molar-refractivity contribution < 1.29 is 81.9 Å². The average molecular weight is 587 g/mol.